The van der Waals surface area contributed by atoms with Crippen molar-refractivity contribution < 1.29 is 4.79 Å². The number of nitrogens with one attached hydrogen (secondary N) is 2. The molecule has 0 bridgehead atoms. The minimum atomic E-state index is -0.275. The normalized spacial score (nSPS) is 9.13. The molecule has 0 spiro atoms. The van der Waals surface area contributed by atoms with E-state index in [-0.39, 0.29) is 18.0 Å². The van der Waals surface area contributed by atoms with Gasteiger partial charge < -0.3 is 5.32 Å². The van der Waals surface area contributed by atoms with Crippen molar-refractivity contribution in [1.29, 1.82) is 10.5 Å². The smallest absolute Gasteiger partial charge is 0.237 e. The second kappa shape index (κ2) is 7.96. The van der Waals surface area contributed by atoms with Crippen molar-refractivity contribution in [3.05, 3.63) is 60.2 Å². The third-order valence-corrected chi connectivity index (χ3v) is 2.86. The SMILES string of the molecule is N#CC(C#N)=NNc1cccc(NC(=O)Cc2ccccc2)c1. The van der Waals surface area contributed by atoms with Crippen LogP contribution in [0.5, 0.6) is 0 Å². The van der Waals surface area contributed by atoms with E-state index in [1.807, 2.05) is 30.3 Å². The molecule has 0 aliphatic heterocycles. The highest BCUT2D eigenvalue weighted by Crippen LogP contribution is 2.15. The zero-order valence-electron chi connectivity index (χ0n) is 12.2. The summed E-state index contributed by atoms with van der Waals surface area (Å²) in [6.07, 6.45) is 0.281. The average Bonchev–Trinajstić information content (AvgIpc) is 2.57. The van der Waals surface area contributed by atoms with Crippen LogP contribution < -0.4 is 10.7 Å². The Morgan fingerprint density at radius 1 is 1.00 bits per heavy atom. The molecule has 0 aromatic heterocycles. The van der Waals surface area contributed by atoms with Crippen LogP contribution in [0.25, 0.3) is 0 Å². The topological polar surface area (TPSA) is 101 Å². The summed E-state index contributed by atoms with van der Waals surface area (Å²) < 4.78 is 0. The summed E-state index contributed by atoms with van der Waals surface area (Å²) in [5.74, 6) is -0.133. The molecule has 1 amide bonds. The fourth-order valence-corrected chi connectivity index (χ4v) is 1.85. The molecule has 0 unspecified atom stereocenters. The summed E-state index contributed by atoms with van der Waals surface area (Å²) in [4.78, 5) is 12.0. The van der Waals surface area contributed by atoms with Crippen LogP contribution in [-0.2, 0) is 11.2 Å². The van der Waals surface area contributed by atoms with Gasteiger partial charge in [0, 0.05) is 5.69 Å². The molecule has 0 radical (unpaired) electrons. The van der Waals surface area contributed by atoms with Crippen molar-refractivity contribution >= 4 is 23.0 Å². The molecule has 23 heavy (non-hydrogen) atoms. The summed E-state index contributed by atoms with van der Waals surface area (Å²) in [6.45, 7) is 0. The highest BCUT2D eigenvalue weighted by molar-refractivity contribution is 6.10. The minimum absolute atomic E-state index is 0.133. The van der Waals surface area contributed by atoms with E-state index in [1.54, 1.807) is 36.4 Å². The highest BCUT2D eigenvalue weighted by Gasteiger charge is 2.04. The molecule has 6 nitrogen and oxygen atoms in total. The van der Waals surface area contributed by atoms with E-state index in [9.17, 15) is 4.79 Å². The van der Waals surface area contributed by atoms with E-state index in [0.717, 1.165) is 5.56 Å². The summed E-state index contributed by atoms with van der Waals surface area (Å²) >= 11 is 0. The molecule has 0 aliphatic carbocycles. The number of rotatable bonds is 5. The Morgan fingerprint density at radius 3 is 2.39 bits per heavy atom. The van der Waals surface area contributed by atoms with Crippen LogP contribution >= 0.6 is 0 Å². The maximum atomic E-state index is 12.0. The number of amides is 1. The lowest BCUT2D eigenvalue weighted by atomic mass is 10.1. The Labute approximate surface area is 133 Å². The molecule has 0 heterocycles. The molecule has 2 aromatic rings. The first-order chi connectivity index (χ1) is 11.2. The third kappa shape index (κ3) is 5.00. The average molecular weight is 303 g/mol. The van der Waals surface area contributed by atoms with E-state index in [4.69, 9.17) is 10.5 Å². The van der Waals surface area contributed by atoms with Gasteiger partial charge in [0.2, 0.25) is 11.6 Å². The fourth-order valence-electron chi connectivity index (χ4n) is 1.85. The predicted molar refractivity (Wildman–Crippen MR) is 87.5 cm³/mol. The summed E-state index contributed by atoms with van der Waals surface area (Å²) in [5, 5.41) is 23.7. The van der Waals surface area contributed by atoms with Crippen molar-refractivity contribution in [2.75, 3.05) is 10.7 Å². The van der Waals surface area contributed by atoms with E-state index in [1.165, 1.54) is 0 Å². The van der Waals surface area contributed by atoms with E-state index >= 15 is 0 Å². The van der Waals surface area contributed by atoms with Crippen LogP contribution in [0.1, 0.15) is 5.56 Å². The number of nitriles is 2. The Hall–Kier alpha value is -3.64. The quantitative estimate of drug-likeness (QED) is 0.655. The molecule has 6 heteroatoms. The molecule has 0 aliphatic rings. The van der Waals surface area contributed by atoms with Gasteiger partial charge >= 0.3 is 0 Å². The number of hydrogen-bond acceptors (Lipinski definition) is 5. The van der Waals surface area contributed by atoms with Crippen molar-refractivity contribution in [2.24, 2.45) is 5.10 Å². The molecule has 0 atom stereocenters. The molecule has 112 valence electrons. The molecule has 2 aromatic carbocycles. The van der Waals surface area contributed by atoms with Gasteiger partial charge in [-0.3, -0.25) is 10.2 Å². The molecule has 0 fully saturated rings. The lowest BCUT2D eigenvalue weighted by Gasteiger charge is -2.07. The predicted octanol–water partition coefficient (Wildman–Crippen LogP) is 2.68. The van der Waals surface area contributed by atoms with Gasteiger partial charge in [-0.25, -0.2) is 0 Å². The van der Waals surface area contributed by atoms with Crippen molar-refractivity contribution in [3.8, 4) is 12.1 Å². The maximum absolute atomic E-state index is 12.0. The summed E-state index contributed by atoms with van der Waals surface area (Å²) in [7, 11) is 0. The molecular weight excluding hydrogens is 290 g/mol. The van der Waals surface area contributed by atoms with Gasteiger partial charge in [0.1, 0.15) is 12.1 Å². The van der Waals surface area contributed by atoms with Crippen LogP contribution in [0.4, 0.5) is 11.4 Å². The number of nitrogens with zero attached hydrogens (tertiary/aromatic N) is 3. The zero-order valence-corrected chi connectivity index (χ0v) is 12.2. The molecule has 0 saturated carbocycles. The number of benzene rings is 2. The number of anilines is 2. The lowest BCUT2D eigenvalue weighted by molar-refractivity contribution is -0.115. The third-order valence-electron chi connectivity index (χ3n) is 2.86. The van der Waals surface area contributed by atoms with Crippen molar-refractivity contribution in [3.63, 3.8) is 0 Å². The van der Waals surface area contributed by atoms with Crippen LogP contribution in [0.3, 0.4) is 0 Å². The van der Waals surface area contributed by atoms with Gasteiger partial charge in [-0.05, 0) is 23.8 Å². The maximum Gasteiger partial charge on any atom is 0.237 e. The number of carbonyl (C=O) groups excluding carboxylic acids is 1. The highest BCUT2D eigenvalue weighted by atomic mass is 16.1. The molecular formula is C17H13N5O. The van der Waals surface area contributed by atoms with Crippen LogP contribution in [-0.4, -0.2) is 11.6 Å². The van der Waals surface area contributed by atoms with E-state index in [2.05, 4.69) is 15.8 Å². The minimum Gasteiger partial charge on any atom is -0.326 e. The lowest BCUT2D eigenvalue weighted by Crippen LogP contribution is -2.14. The second-order valence-corrected chi connectivity index (χ2v) is 4.59. The molecule has 2 N–H and O–H groups in total. The van der Waals surface area contributed by atoms with Gasteiger partial charge in [0.15, 0.2) is 0 Å². The van der Waals surface area contributed by atoms with Gasteiger partial charge in [-0.1, -0.05) is 36.4 Å². The zero-order chi connectivity index (χ0) is 16.5. The standard InChI is InChI=1S/C17H13N5O/c18-11-16(12-19)22-21-15-8-4-7-14(10-15)20-17(23)9-13-5-2-1-3-6-13/h1-8,10,21H,9H2,(H,20,23). The van der Waals surface area contributed by atoms with E-state index < -0.39 is 0 Å². The number of hydrogen-bond donors (Lipinski definition) is 2. The Morgan fingerprint density at radius 2 is 1.70 bits per heavy atom. The van der Waals surface area contributed by atoms with Crippen LogP contribution in [0, 0.1) is 22.7 Å². The number of carbonyl (C=O) groups is 1. The van der Waals surface area contributed by atoms with Crippen molar-refractivity contribution in [2.45, 2.75) is 6.42 Å². The number of hydrazone groups is 1. The van der Waals surface area contributed by atoms with Gasteiger partial charge in [0.25, 0.3) is 0 Å². The largest absolute Gasteiger partial charge is 0.326 e. The Bertz CT molecular complexity index is 784. The first-order valence-electron chi connectivity index (χ1n) is 6.79. The first kappa shape index (κ1) is 15.7. The summed E-state index contributed by atoms with van der Waals surface area (Å²) in [6, 6.07) is 19.6. The Balaban J connectivity index is 2.00. The van der Waals surface area contributed by atoms with Crippen LogP contribution in [0.15, 0.2) is 59.7 Å². The van der Waals surface area contributed by atoms with Gasteiger partial charge in [-0.2, -0.15) is 15.6 Å². The van der Waals surface area contributed by atoms with Gasteiger partial charge in [-0.15, -0.1) is 0 Å². The van der Waals surface area contributed by atoms with E-state index in [0.29, 0.717) is 11.4 Å². The molecule has 0 saturated heterocycles. The van der Waals surface area contributed by atoms with Crippen molar-refractivity contribution in [1.82, 2.24) is 0 Å². The monoisotopic (exact) mass is 303 g/mol. The molecule has 2 rings (SSSR count). The Kier molecular flexibility index (Phi) is 5.45. The first-order valence-corrected chi connectivity index (χ1v) is 6.79. The fraction of sp³-hybridized carbons (Fsp3) is 0.0588. The second-order valence-electron chi connectivity index (χ2n) is 4.59. The summed E-state index contributed by atoms with van der Waals surface area (Å²) in [5.41, 5.74) is 4.41. The van der Waals surface area contributed by atoms with Gasteiger partial charge in [0.05, 0.1) is 12.1 Å². The van der Waals surface area contributed by atoms with Crippen LogP contribution in [0.2, 0.25) is 0 Å².